The van der Waals surface area contributed by atoms with E-state index in [-0.39, 0.29) is 24.1 Å². The number of carbonyl (C=O) groups excluding carboxylic acids is 3. The number of carbonyl (C=O) groups is 3. The van der Waals surface area contributed by atoms with Crippen LogP contribution in [-0.2, 0) is 19.1 Å². The summed E-state index contributed by atoms with van der Waals surface area (Å²) in [7, 11) is 0. The highest BCUT2D eigenvalue weighted by molar-refractivity contribution is 5.95. The quantitative estimate of drug-likeness (QED) is 0.641. The molecule has 1 atom stereocenters. The molecule has 9 heteroatoms. The second-order valence-corrected chi connectivity index (χ2v) is 7.50. The van der Waals surface area contributed by atoms with E-state index in [0.717, 1.165) is 0 Å². The van der Waals surface area contributed by atoms with Gasteiger partial charge in [-0.15, -0.1) is 0 Å². The summed E-state index contributed by atoms with van der Waals surface area (Å²) in [5.41, 5.74) is 1.13. The number of likely N-dealkylation sites (tertiary alicyclic amines) is 1. The molecule has 0 aliphatic carbocycles. The van der Waals surface area contributed by atoms with Gasteiger partial charge in [-0.1, -0.05) is 12.1 Å². The summed E-state index contributed by atoms with van der Waals surface area (Å²) in [5.74, 6) is -1.36. The van der Waals surface area contributed by atoms with E-state index >= 15 is 0 Å². The number of urea groups is 1. The Labute approximate surface area is 180 Å². The third-order valence-corrected chi connectivity index (χ3v) is 5.42. The fraction of sp³-hybridized carbons (Fsp3) is 0.500. The highest BCUT2D eigenvalue weighted by Gasteiger charge is 2.35. The molecule has 0 aromatic heterocycles. The lowest BCUT2D eigenvalue weighted by Crippen LogP contribution is -2.49. The van der Waals surface area contributed by atoms with Gasteiger partial charge in [-0.25, -0.2) is 14.0 Å². The van der Waals surface area contributed by atoms with Crippen LogP contribution < -0.4 is 10.6 Å². The fourth-order valence-electron chi connectivity index (χ4n) is 3.94. The maximum absolute atomic E-state index is 13.8. The molecule has 0 unspecified atom stereocenters. The Balaban J connectivity index is 1.83. The number of benzene rings is 1. The standard InChI is InChI=1S/C22H28FN3O5/c1-3-30-20(27)14-8-10-26(11-9-14)13-17-18(21(28)31-4-2)19(25-22(29)24-17)15-6-5-7-16(23)12-15/h5-7,12,14,19H,3-4,8-11,13H2,1-2H3,(H2,24,25,29)/t19-/m1/s1. The van der Waals surface area contributed by atoms with Crippen molar-refractivity contribution in [3.8, 4) is 0 Å². The Morgan fingerprint density at radius 1 is 1.16 bits per heavy atom. The normalized spacial score (nSPS) is 20.1. The number of nitrogens with zero attached hydrogens (tertiary/aromatic N) is 1. The van der Waals surface area contributed by atoms with E-state index in [2.05, 4.69) is 15.5 Å². The van der Waals surface area contributed by atoms with Gasteiger partial charge in [0.05, 0.1) is 30.7 Å². The van der Waals surface area contributed by atoms with Crippen molar-refractivity contribution in [3.05, 3.63) is 46.9 Å². The average molecular weight is 433 g/mol. The third-order valence-electron chi connectivity index (χ3n) is 5.42. The molecule has 2 amide bonds. The van der Waals surface area contributed by atoms with E-state index in [4.69, 9.17) is 9.47 Å². The first-order chi connectivity index (χ1) is 14.9. The van der Waals surface area contributed by atoms with E-state index in [1.807, 2.05) is 0 Å². The van der Waals surface area contributed by atoms with Gasteiger partial charge in [0.1, 0.15) is 5.82 Å². The van der Waals surface area contributed by atoms with E-state index in [1.54, 1.807) is 19.9 Å². The molecule has 0 bridgehead atoms. The number of esters is 2. The predicted molar refractivity (Wildman–Crippen MR) is 110 cm³/mol. The predicted octanol–water partition coefficient (Wildman–Crippen LogP) is 2.27. The molecule has 2 aliphatic heterocycles. The largest absolute Gasteiger partial charge is 0.466 e. The van der Waals surface area contributed by atoms with E-state index in [9.17, 15) is 18.8 Å². The Bertz CT molecular complexity index is 864. The van der Waals surface area contributed by atoms with Gasteiger partial charge in [0, 0.05) is 12.2 Å². The molecule has 8 nitrogen and oxygen atoms in total. The zero-order chi connectivity index (χ0) is 22.4. The first-order valence-corrected chi connectivity index (χ1v) is 10.5. The average Bonchev–Trinajstić information content (AvgIpc) is 2.74. The van der Waals surface area contributed by atoms with Crippen molar-refractivity contribution in [1.29, 1.82) is 0 Å². The molecular formula is C22H28FN3O5. The fourth-order valence-corrected chi connectivity index (χ4v) is 3.94. The SMILES string of the molecule is CCOC(=O)C1=C(CN2CCC(C(=O)OCC)CC2)NC(=O)N[C@@H]1c1cccc(F)c1. The molecule has 1 saturated heterocycles. The summed E-state index contributed by atoms with van der Waals surface area (Å²) < 4.78 is 24.2. The van der Waals surface area contributed by atoms with Gasteiger partial charge in [-0.3, -0.25) is 9.69 Å². The van der Waals surface area contributed by atoms with Crippen LogP contribution in [0.25, 0.3) is 0 Å². The van der Waals surface area contributed by atoms with Crippen molar-refractivity contribution in [2.24, 2.45) is 5.92 Å². The monoisotopic (exact) mass is 433 g/mol. The van der Waals surface area contributed by atoms with Crippen molar-refractivity contribution < 1.29 is 28.2 Å². The van der Waals surface area contributed by atoms with Crippen LogP contribution in [0.3, 0.4) is 0 Å². The van der Waals surface area contributed by atoms with Crippen molar-refractivity contribution in [2.75, 3.05) is 32.8 Å². The van der Waals surface area contributed by atoms with Gasteiger partial charge in [0.2, 0.25) is 0 Å². The van der Waals surface area contributed by atoms with Crippen LogP contribution in [0.15, 0.2) is 35.5 Å². The summed E-state index contributed by atoms with van der Waals surface area (Å²) in [6.07, 6.45) is 1.28. The minimum absolute atomic E-state index is 0.141. The van der Waals surface area contributed by atoms with Crippen LogP contribution >= 0.6 is 0 Å². The minimum atomic E-state index is -0.824. The first-order valence-electron chi connectivity index (χ1n) is 10.5. The smallest absolute Gasteiger partial charge is 0.338 e. The number of nitrogens with one attached hydrogen (secondary N) is 2. The molecule has 2 aliphatic rings. The molecule has 2 N–H and O–H groups in total. The molecule has 1 aromatic rings. The lowest BCUT2D eigenvalue weighted by molar-refractivity contribution is -0.149. The van der Waals surface area contributed by atoms with Crippen molar-refractivity contribution in [3.63, 3.8) is 0 Å². The zero-order valence-electron chi connectivity index (χ0n) is 17.8. The second kappa shape index (κ2) is 10.4. The molecular weight excluding hydrogens is 405 g/mol. The maximum atomic E-state index is 13.8. The number of hydrogen-bond acceptors (Lipinski definition) is 6. The molecule has 168 valence electrons. The number of hydrogen-bond donors (Lipinski definition) is 2. The Hall–Kier alpha value is -2.94. The van der Waals surface area contributed by atoms with Crippen molar-refractivity contribution in [2.45, 2.75) is 32.7 Å². The summed E-state index contributed by atoms with van der Waals surface area (Å²) in [4.78, 5) is 39.2. The van der Waals surface area contributed by atoms with Gasteiger partial charge in [0.25, 0.3) is 0 Å². The molecule has 0 saturated carbocycles. The van der Waals surface area contributed by atoms with E-state index < -0.39 is 23.9 Å². The number of ether oxygens (including phenoxy) is 2. The number of rotatable bonds is 7. The van der Waals surface area contributed by atoms with E-state index in [1.165, 1.54) is 18.2 Å². The summed E-state index contributed by atoms with van der Waals surface area (Å²) in [6, 6.07) is 4.48. The zero-order valence-corrected chi connectivity index (χ0v) is 17.8. The Kier molecular flexibility index (Phi) is 7.62. The van der Waals surface area contributed by atoms with Crippen LogP contribution in [0.2, 0.25) is 0 Å². The number of halogens is 1. The lowest BCUT2D eigenvalue weighted by atomic mass is 9.93. The van der Waals surface area contributed by atoms with Crippen LogP contribution in [-0.4, -0.2) is 55.7 Å². The number of amides is 2. The summed E-state index contributed by atoms with van der Waals surface area (Å²) in [6.45, 7) is 5.56. The molecule has 3 rings (SSSR count). The summed E-state index contributed by atoms with van der Waals surface area (Å²) in [5, 5.41) is 5.42. The van der Waals surface area contributed by atoms with Gasteiger partial charge in [0.15, 0.2) is 0 Å². The minimum Gasteiger partial charge on any atom is -0.466 e. The van der Waals surface area contributed by atoms with Crippen molar-refractivity contribution in [1.82, 2.24) is 15.5 Å². The molecule has 31 heavy (non-hydrogen) atoms. The van der Waals surface area contributed by atoms with Gasteiger partial charge >= 0.3 is 18.0 Å². The van der Waals surface area contributed by atoms with Gasteiger partial charge in [-0.05, 0) is 57.5 Å². The molecule has 2 heterocycles. The van der Waals surface area contributed by atoms with Gasteiger partial charge in [-0.2, -0.15) is 0 Å². The Morgan fingerprint density at radius 3 is 2.52 bits per heavy atom. The Morgan fingerprint density at radius 2 is 1.87 bits per heavy atom. The maximum Gasteiger partial charge on any atom is 0.338 e. The van der Waals surface area contributed by atoms with Crippen molar-refractivity contribution >= 4 is 18.0 Å². The van der Waals surface area contributed by atoms with Crippen LogP contribution in [0, 0.1) is 11.7 Å². The molecule has 1 aromatic carbocycles. The molecule has 0 radical (unpaired) electrons. The van der Waals surface area contributed by atoms with E-state index in [0.29, 0.717) is 50.3 Å². The molecule has 1 fully saturated rings. The van der Waals surface area contributed by atoms with Crippen LogP contribution in [0.5, 0.6) is 0 Å². The first kappa shape index (κ1) is 22.7. The summed E-state index contributed by atoms with van der Waals surface area (Å²) >= 11 is 0. The second-order valence-electron chi connectivity index (χ2n) is 7.50. The van der Waals surface area contributed by atoms with Gasteiger partial charge < -0.3 is 20.1 Å². The van der Waals surface area contributed by atoms with Crippen LogP contribution in [0.4, 0.5) is 9.18 Å². The highest BCUT2D eigenvalue weighted by atomic mass is 19.1. The third kappa shape index (κ3) is 5.61. The highest BCUT2D eigenvalue weighted by Crippen LogP contribution is 2.29. The number of piperidine rings is 1. The molecule has 0 spiro atoms. The lowest BCUT2D eigenvalue weighted by Gasteiger charge is -2.35. The topological polar surface area (TPSA) is 97.0 Å². The van der Waals surface area contributed by atoms with Crippen LogP contribution in [0.1, 0.15) is 38.3 Å².